The van der Waals surface area contributed by atoms with Gasteiger partial charge in [-0.05, 0) is 82.5 Å². The summed E-state index contributed by atoms with van der Waals surface area (Å²) in [6, 6.07) is 16.4. The van der Waals surface area contributed by atoms with Crippen molar-refractivity contribution in [3.8, 4) is 0 Å². The molecular formula is C31H39N3O5. The van der Waals surface area contributed by atoms with E-state index in [0.29, 0.717) is 11.3 Å². The molecule has 3 amide bonds. The molecule has 8 heteroatoms. The van der Waals surface area contributed by atoms with Crippen molar-refractivity contribution < 1.29 is 24.2 Å². The summed E-state index contributed by atoms with van der Waals surface area (Å²) in [5, 5.41) is 17.5. The van der Waals surface area contributed by atoms with Crippen LogP contribution in [-0.4, -0.2) is 52.2 Å². The van der Waals surface area contributed by atoms with Gasteiger partial charge < -0.3 is 25.4 Å². The van der Waals surface area contributed by atoms with Gasteiger partial charge in [0, 0.05) is 11.7 Å². The first-order valence-electron chi connectivity index (χ1n) is 13.1. The number of carbonyl (C=O) groups is 3. The maximum absolute atomic E-state index is 14.0. The molecule has 0 saturated heterocycles. The average Bonchev–Trinajstić information content (AvgIpc) is 2.84. The van der Waals surface area contributed by atoms with Gasteiger partial charge in [0.2, 0.25) is 5.91 Å². The molecule has 3 aromatic carbocycles. The number of alkyl carbamates (subject to hydrolysis) is 1. The first-order valence-corrected chi connectivity index (χ1v) is 13.1. The van der Waals surface area contributed by atoms with E-state index in [4.69, 9.17) is 4.74 Å². The number of fused-ring (bicyclic) bond motifs is 1. The fraction of sp³-hybridized carbons (Fsp3) is 0.387. The summed E-state index contributed by atoms with van der Waals surface area (Å²) >= 11 is 0. The number of amides is 3. The number of aliphatic hydroxyl groups is 1. The molecule has 0 aliphatic heterocycles. The summed E-state index contributed by atoms with van der Waals surface area (Å²) in [6.07, 6.45) is -0.831. The van der Waals surface area contributed by atoms with Crippen molar-refractivity contribution in [1.29, 1.82) is 0 Å². The lowest BCUT2D eigenvalue weighted by Gasteiger charge is -2.37. The summed E-state index contributed by atoms with van der Waals surface area (Å²) in [5.74, 6) is -1.01. The minimum Gasteiger partial charge on any atom is -0.444 e. The van der Waals surface area contributed by atoms with Crippen LogP contribution >= 0.6 is 0 Å². The molecule has 0 aliphatic rings. The number of ether oxygens (including phenoxy) is 1. The fourth-order valence-corrected chi connectivity index (χ4v) is 4.52. The molecular weight excluding hydrogens is 494 g/mol. The smallest absolute Gasteiger partial charge is 0.408 e. The van der Waals surface area contributed by atoms with Crippen molar-refractivity contribution in [2.75, 3.05) is 11.9 Å². The topological polar surface area (TPSA) is 108 Å². The van der Waals surface area contributed by atoms with Gasteiger partial charge in [0.05, 0.1) is 6.61 Å². The molecule has 208 valence electrons. The lowest BCUT2D eigenvalue weighted by molar-refractivity contribution is -0.143. The number of carbonyl (C=O) groups excluding carboxylic acids is 3. The molecule has 8 nitrogen and oxygen atoms in total. The van der Waals surface area contributed by atoms with E-state index in [1.165, 1.54) is 4.90 Å². The van der Waals surface area contributed by atoms with E-state index in [0.717, 1.165) is 21.9 Å². The Hall–Kier alpha value is -3.91. The summed E-state index contributed by atoms with van der Waals surface area (Å²) in [5.41, 5.74) is 2.32. The number of nitrogens with one attached hydrogen (secondary N) is 2. The Balaban J connectivity index is 2.01. The molecule has 0 aliphatic carbocycles. The molecule has 0 spiro atoms. The van der Waals surface area contributed by atoms with Gasteiger partial charge in [0.25, 0.3) is 5.91 Å². The third-order valence-electron chi connectivity index (χ3n) is 6.25. The van der Waals surface area contributed by atoms with Gasteiger partial charge in [-0.15, -0.1) is 0 Å². The van der Waals surface area contributed by atoms with Crippen LogP contribution in [-0.2, 0) is 14.3 Å². The Morgan fingerprint density at radius 2 is 1.62 bits per heavy atom. The lowest BCUT2D eigenvalue weighted by atomic mass is 9.95. The highest BCUT2D eigenvalue weighted by Gasteiger charge is 2.38. The standard InChI is InChI=1S/C31H39N3O5/c1-19(2)34(29(37)26(18-35)33-30(38)39-31(5,6)7)27(25-15-12-20(3)16-21(25)4)28(36)32-24-14-13-22-10-8-9-11-23(22)17-24/h8-17,19,26-27,35H,18H2,1-7H3,(H,32,36)(H,33,38). The largest absolute Gasteiger partial charge is 0.444 e. The normalized spacial score (nSPS) is 13.1. The Labute approximate surface area is 230 Å². The molecule has 0 heterocycles. The zero-order valence-corrected chi connectivity index (χ0v) is 23.7. The van der Waals surface area contributed by atoms with Crippen molar-refractivity contribution >= 4 is 34.4 Å². The second-order valence-electron chi connectivity index (χ2n) is 11.0. The third-order valence-corrected chi connectivity index (χ3v) is 6.25. The maximum atomic E-state index is 14.0. The number of aliphatic hydroxyl groups excluding tert-OH is 1. The predicted octanol–water partition coefficient (Wildman–Crippen LogP) is 5.26. The number of benzene rings is 3. The van der Waals surface area contributed by atoms with Gasteiger partial charge in [0.1, 0.15) is 17.7 Å². The average molecular weight is 534 g/mol. The van der Waals surface area contributed by atoms with Crippen LogP contribution < -0.4 is 10.6 Å². The van der Waals surface area contributed by atoms with E-state index < -0.39 is 48.2 Å². The highest BCUT2D eigenvalue weighted by atomic mass is 16.6. The van der Waals surface area contributed by atoms with E-state index >= 15 is 0 Å². The number of nitrogens with zero attached hydrogens (tertiary/aromatic N) is 1. The number of hydrogen-bond acceptors (Lipinski definition) is 5. The zero-order chi connectivity index (χ0) is 28.9. The van der Waals surface area contributed by atoms with Crippen LogP contribution in [0.4, 0.5) is 10.5 Å². The molecule has 2 unspecified atom stereocenters. The van der Waals surface area contributed by atoms with Crippen LogP contribution in [0.5, 0.6) is 0 Å². The monoisotopic (exact) mass is 533 g/mol. The second-order valence-corrected chi connectivity index (χ2v) is 11.0. The van der Waals surface area contributed by atoms with Gasteiger partial charge in [0.15, 0.2) is 0 Å². The van der Waals surface area contributed by atoms with Crippen molar-refractivity contribution in [3.05, 3.63) is 77.4 Å². The van der Waals surface area contributed by atoms with Gasteiger partial charge in [-0.3, -0.25) is 9.59 Å². The molecule has 0 aromatic heterocycles. The minimum atomic E-state index is -1.30. The van der Waals surface area contributed by atoms with E-state index in [9.17, 15) is 19.5 Å². The Bertz CT molecular complexity index is 1350. The van der Waals surface area contributed by atoms with Gasteiger partial charge >= 0.3 is 6.09 Å². The predicted molar refractivity (Wildman–Crippen MR) is 153 cm³/mol. The molecule has 0 fully saturated rings. The molecule has 0 bridgehead atoms. The van der Waals surface area contributed by atoms with Crippen LogP contribution in [0.3, 0.4) is 0 Å². The zero-order valence-electron chi connectivity index (χ0n) is 23.7. The first-order chi connectivity index (χ1) is 18.3. The maximum Gasteiger partial charge on any atom is 0.408 e. The number of aryl methyl sites for hydroxylation is 2. The van der Waals surface area contributed by atoms with Crippen LogP contribution in [0, 0.1) is 13.8 Å². The molecule has 39 heavy (non-hydrogen) atoms. The van der Waals surface area contributed by atoms with Crippen LogP contribution in [0.25, 0.3) is 10.8 Å². The van der Waals surface area contributed by atoms with Gasteiger partial charge in [-0.2, -0.15) is 0 Å². The Morgan fingerprint density at radius 3 is 2.21 bits per heavy atom. The minimum absolute atomic E-state index is 0.409. The third kappa shape index (κ3) is 7.57. The number of anilines is 1. The Morgan fingerprint density at radius 1 is 0.949 bits per heavy atom. The Kier molecular flexibility index (Phi) is 9.35. The number of rotatable bonds is 8. The molecule has 3 rings (SSSR count). The van der Waals surface area contributed by atoms with Crippen molar-refractivity contribution in [1.82, 2.24) is 10.2 Å². The number of hydrogen-bond donors (Lipinski definition) is 3. The molecule has 3 aromatic rings. The van der Waals surface area contributed by atoms with Crippen molar-refractivity contribution in [2.24, 2.45) is 0 Å². The van der Waals surface area contributed by atoms with E-state index in [2.05, 4.69) is 10.6 Å². The van der Waals surface area contributed by atoms with E-state index in [1.807, 2.05) is 74.5 Å². The van der Waals surface area contributed by atoms with E-state index in [1.54, 1.807) is 34.6 Å². The highest BCUT2D eigenvalue weighted by molar-refractivity contribution is 6.00. The summed E-state index contributed by atoms with van der Waals surface area (Å²) in [4.78, 5) is 41.7. The van der Waals surface area contributed by atoms with Gasteiger partial charge in [-0.1, -0.05) is 54.1 Å². The van der Waals surface area contributed by atoms with Crippen molar-refractivity contribution in [2.45, 2.75) is 72.2 Å². The molecule has 0 radical (unpaired) electrons. The van der Waals surface area contributed by atoms with Crippen LogP contribution in [0.1, 0.15) is 57.4 Å². The molecule has 3 N–H and O–H groups in total. The quantitative estimate of drug-likeness (QED) is 0.366. The summed E-state index contributed by atoms with van der Waals surface area (Å²) in [6.45, 7) is 11.9. The van der Waals surface area contributed by atoms with Gasteiger partial charge in [-0.25, -0.2) is 4.79 Å². The fourth-order valence-electron chi connectivity index (χ4n) is 4.52. The molecule has 0 saturated carbocycles. The van der Waals surface area contributed by atoms with Crippen LogP contribution in [0.15, 0.2) is 60.7 Å². The SMILES string of the molecule is Cc1ccc(C(C(=O)Nc2ccc3ccccc3c2)N(C(=O)C(CO)NC(=O)OC(C)(C)C)C(C)C)c(C)c1. The van der Waals surface area contributed by atoms with E-state index in [-0.39, 0.29) is 0 Å². The second kappa shape index (κ2) is 12.3. The van der Waals surface area contributed by atoms with Crippen LogP contribution in [0.2, 0.25) is 0 Å². The first kappa shape index (κ1) is 29.6. The summed E-state index contributed by atoms with van der Waals surface area (Å²) < 4.78 is 5.29. The lowest BCUT2D eigenvalue weighted by Crippen LogP contribution is -2.55. The highest BCUT2D eigenvalue weighted by Crippen LogP contribution is 2.30. The summed E-state index contributed by atoms with van der Waals surface area (Å²) in [7, 11) is 0. The molecule has 2 atom stereocenters. The van der Waals surface area contributed by atoms with Crippen molar-refractivity contribution in [3.63, 3.8) is 0 Å².